The molecule has 5 rings (SSSR count). The number of aromatic nitrogens is 1. The predicted octanol–water partition coefficient (Wildman–Crippen LogP) is 3.68. The van der Waals surface area contributed by atoms with Crippen LogP contribution in [0.4, 0.5) is 15.3 Å². The van der Waals surface area contributed by atoms with Crippen molar-refractivity contribution >= 4 is 46.0 Å². The van der Waals surface area contributed by atoms with Gasteiger partial charge in [-0.05, 0) is 48.6 Å². The van der Waals surface area contributed by atoms with Crippen molar-refractivity contribution in [2.24, 2.45) is 11.5 Å². The van der Waals surface area contributed by atoms with E-state index in [0.29, 0.717) is 41.1 Å². The second-order valence-electron chi connectivity index (χ2n) is 9.05. The van der Waals surface area contributed by atoms with Gasteiger partial charge in [-0.15, -0.1) is 0 Å². The maximum Gasteiger partial charge on any atom is 0.323 e. The fourth-order valence-corrected chi connectivity index (χ4v) is 5.25. The number of carbonyl (C=O) groups is 3. The number of urea groups is 1. The molecule has 9 nitrogen and oxygen atoms in total. The van der Waals surface area contributed by atoms with E-state index < -0.39 is 18.1 Å². The van der Waals surface area contributed by atoms with Crippen molar-refractivity contribution in [1.29, 1.82) is 0 Å². The average molecular weight is 496 g/mol. The fourth-order valence-electron chi connectivity index (χ4n) is 5.07. The SMILES string of the molecule is NC(=O)n1cc(NC(=O)N2C[C@@H](N)C[C@H]2C(=O)CC2CCOc3ccc(Cl)cc32)c2ccccc21. The number of para-hydroxylation sites is 1. The third kappa shape index (κ3) is 4.44. The van der Waals surface area contributed by atoms with E-state index in [1.165, 1.54) is 15.7 Å². The Morgan fingerprint density at radius 3 is 2.77 bits per heavy atom. The molecule has 0 spiro atoms. The number of anilines is 1. The number of ketones is 1. The van der Waals surface area contributed by atoms with Gasteiger partial charge in [0.2, 0.25) is 0 Å². The summed E-state index contributed by atoms with van der Waals surface area (Å²) < 4.78 is 6.99. The molecule has 35 heavy (non-hydrogen) atoms. The number of nitrogens with two attached hydrogens (primary N) is 2. The zero-order valence-electron chi connectivity index (χ0n) is 18.9. The van der Waals surface area contributed by atoms with E-state index in [0.717, 1.165) is 11.3 Å². The van der Waals surface area contributed by atoms with Crippen molar-refractivity contribution in [3.8, 4) is 5.75 Å². The number of likely N-dealkylation sites (tertiary alicyclic amines) is 1. The first kappa shape index (κ1) is 23.2. The van der Waals surface area contributed by atoms with Gasteiger partial charge in [0.05, 0.1) is 23.9 Å². The number of Topliss-reactive ketones (excluding diaryl/α,β-unsaturated/α-hetero) is 1. The summed E-state index contributed by atoms with van der Waals surface area (Å²) in [6, 6.07) is 10.5. The van der Waals surface area contributed by atoms with Crippen LogP contribution in [0.15, 0.2) is 48.7 Å². The molecule has 2 aliphatic heterocycles. The van der Waals surface area contributed by atoms with Crippen LogP contribution in [-0.2, 0) is 4.79 Å². The number of hydrogen-bond acceptors (Lipinski definition) is 5. The van der Waals surface area contributed by atoms with Crippen LogP contribution < -0.4 is 21.5 Å². The van der Waals surface area contributed by atoms with Crippen LogP contribution in [0.2, 0.25) is 5.02 Å². The number of carbonyl (C=O) groups excluding carboxylic acids is 3. The van der Waals surface area contributed by atoms with Gasteiger partial charge in [0, 0.05) is 35.6 Å². The van der Waals surface area contributed by atoms with E-state index in [1.54, 1.807) is 30.3 Å². The van der Waals surface area contributed by atoms with Crippen LogP contribution in [0.1, 0.15) is 30.7 Å². The second kappa shape index (κ2) is 9.24. The van der Waals surface area contributed by atoms with Gasteiger partial charge < -0.3 is 26.4 Å². The van der Waals surface area contributed by atoms with Crippen LogP contribution in [0.5, 0.6) is 5.75 Å². The molecule has 3 heterocycles. The number of primary amides is 1. The first-order valence-electron chi connectivity index (χ1n) is 11.5. The Morgan fingerprint density at radius 1 is 1.17 bits per heavy atom. The summed E-state index contributed by atoms with van der Waals surface area (Å²) in [4.78, 5) is 40.0. The topological polar surface area (TPSA) is 133 Å². The Kier molecular flexibility index (Phi) is 6.12. The minimum absolute atomic E-state index is 0.0415. The molecule has 1 aromatic heterocycles. The van der Waals surface area contributed by atoms with E-state index in [1.807, 2.05) is 12.1 Å². The Bertz CT molecular complexity index is 1320. The zero-order chi connectivity index (χ0) is 24.7. The van der Waals surface area contributed by atoms with E-state index >= 15 is 0 Å². The van der Waals surface area contributed by atoms with Crippen molar-refractivity contribution in [3.05, 3.63) is 59.2 Å². The van der Waals surface area contributed by atoms with E-state index in [-0.39, 0.29) is 30.7 Å². The third-order valence-electron chi connectivity index (χ3n) is 6.74. The summed E-state index contributed by atoms with van der Waals surface area (Å²) >= 11 is 6.18. The minimum Gasteiger partial charge on any atom is -0.493 e. The lowest BCUT2D eigenvalue weighted by Gasteiger charge is -2.28. The lowest BCUT2D eigenvalue weighted by Crippen LogP contribution is -2.43. The van der Waals surface area contributed by atoms with Crippen molar-refractivity contribution in [2.45, 2.75) is 37.3 Å². The molecule has 0 saturated carbocycles. The number of nitrogens with zero attached hydrogens (tertiary/aromatic N) is 2. The average Bonchev–Trinajstić information content (AvgIpc) is 3.41. The molecule has 2 aromatic carbocycles. The molecule has 2 aliphatic rings. The molecular weight excluding hydrogens is 470 g/mol. The Morgan fingerprint density at radius 2 is 1.97 bits per heavy atom. The molecule has 0 radical (unpaired) electrons. The molecular formula is C25H26ClN5O4. The number of hydrogen-bond donors (Lipinski definition) is 3. The highest BCUT2D eigenvalue weighted by Gasteiger charge is 2.39. The number of rotatable bonds is 4. The highest BCUT2D eigenvalue weighted by atomic mass is 35.5. The molecule has 10 heteroatoms. The van der Waals surface area contributed by atoms with Gasteiger partial charge in [-0.2, -0.15) is 0 Å². The van der Waals surface area contributed by atoms with Gasteiger partial charge in [-0.3, -0.25) is 9.36 Å². The summed E-state index contributed by atoms with van der Waals surface area (Å²) in [5.41, 5.74) is 13.6. The first-order chi connectivity index (χ1) is 16.8. The predicted molar refractivity (Wildman–Crippen MR) is 133 cm³/mol. The first-order valence-corrected chi connectivity index (χ1v) is 11.9. The fraction of sp³-hybridized carbons (Fsp3) is 0.320. The molecule has 1 fully saturated rings. The summed E-state index contributed by atoms with van der Waals surface area (Å²) in [7, 11) is 0. The zero-order valence-corrected chi connectivity index (χ0v) is 19.7. The molecule has 0 bridgehead atoms. The molecule has 3 atom stereocenters. The summed E-state index contributed by atoms with van der Waals surface area (Å²) in [5, 5.41) is 4.10. The lowest BCUT2D eigenvalue weighted by molar-refractivity contribution is -0.123. The van der Waals surface area contributed by atoms with Gasteiger partial charge >= 0.3 is 12.1 Å². The smallest absolute Gasteiger partial charge is 0.323 e. The number of fused-ring (bicyclic) bond motifs is 2. The molecule has 1 saturated heterocycles. The van der Waals surface area contributed by atoms with Gasteiger partial charge in [0.1, 0.15) is 5.75 Å². The maximum absolute atomic E-state index is 13.4. The Hall–Kier alpha value is -3.56. The van der Waals surface area contributed by atoms with Gasteiger partial charge in [0.15, 0.2) is 5.78 Å². The van der Waals surface area contributed by atoms with Crippen molar-refractivity contribution < 1.29 is 19.1 Å². The van der Waals surface area contributed by atoms with Crippen molar-refractivity contribution in [2.75, 3.05) is 18.5 Å². The van der Waals surface area contributed by atoms with Gasteiger partial charge in [-0.1, -0.05) is 29.8 Å². The maximum atomic E-state index is 13.4. The monoisotopic (exact) mass is 495 g/mol. The number of halogens is 1. The summed E-state index contributed by atoms with van der Waals surface area (Å²) in [6.07, 6.45) is 2.83. The third-order valence-corrected chi connectivity index (χ3v) is 6.98. The van der Waals surface area contributed by atoms with Gasteiger partial charge in [0.25, 0.3) is 0 Å². The molecule has 3 amide bonds. The lowest BCUT2D eigenvalue weighted by atomic mass is 9.87. The van der Waals surface area contributed by atoms with Crippen LogP contribution in [-0.4, -0.2) is 52.5 Å². The van der Waals surface area contributed by atoms with E-state index in [9.17, 15) is 14.4 Å². The second-order valence-corrected chi connectivity index (χ2v) is 9.49. The Balaban J connectivity index is 1.35. The quantitative estimate of drug-likeness (QED) is 0.507. The summed E-state index contributed by atoms with van der Waals surface area (Å²) in [6.45, 7) is 0.776. The standard InChI is InChI=1S/C25H26ClN5O4/c26-15-5-6-23-18(10-15)14(7-8-35-23)9-22(32)21-11-16(27)12-31(21)25(34)29-19-13-30(24(28)33)20-4-2-1-3-17(19)20/h1-6,10,13-14,16,21H,7-9,11-12,27H2,(H2,28,33)(H,29,34)/t14?,16-,21-/m0/s1. The molecule has 5 N–H and O–H groups in total. The number of benzene rings is 2. The van der Waals surface area contributed by atoms with Gasteiger partial charge in [-0.25, -0.2) is 9.59 Å². The number of ether oxygens (including phenoxy) is 1. The van der Waals surface area contributed by atoms with Crippen LogP contribution >= 0.6 is 11.6 Å². The largest absolute Gasteiger partial charge is 0.493 e. The van der Waals surface area contributed by atoms with E-state index in [2.05, 4.69) is 5.32 Å². The number of amides is 3. The van der Waals surface area contributed by atoms with Crippen molar-refractivity contribution in [1.82, 2.24) is 9.47 Å². The normalized spacial score (nSPS) is 21.4. The van der Waals surface area contributed by atoms with Crippen LogP contribution in [0, 0.1) is 0 Å². The molecule has 0 aliphatic carbocycles. The van der Waals surface area contributed by atoms with Crippen LogP contribution in [0.3, 0.4) is 0 Å². The summed E-state index contributed by atoms with van der Waals surface area (Å²) in [5.74, 6) is 0.646. The van der Waals surface area contributed by atoms with Crippen LogP contribution in [0.25, 0.3) is 10.9 Å². The minimum atomic E-state index is -0.658. The molecule has 3 aromatic rings. The highest BCUT2D eigenvalue weighted by molar-refractivity contribution is 6.30. The Labute approximate surface area is 206 Å². The van der Waals surface area contributed by atoms with E-state index in [4.69, 9.17) is 27.8 Å². The van der Waals surface area contributed by atoms with Crippen molar-refractivity contribution in [3.63, 3.8) is 0 Å². The highest BCUT2D eigenvalue weighted by Crippen LogP contribution is 2.38. The number of nitrogens with one attached hydrogen (secondary N) is 1. The molecule has 1 unspecified atom stereocenters. The molecule has 182 valence electrons.